The Hall–Kier alpha value is -1.99. The molecule has 4 heteroatoms. The van der Waals surface area contributed by atoms with Gasteiger partial charge in [-0.3, -0.25) is 0 Å². The van der Waals surface area contributed by atoms with Gasteiger partial charge in [0.25, 0.3) is 0 Å². The molecule has 0 aliphatic carbocycles. The molecule has 0 fully saturated rings. The van der Waals surface area contributed by atoms with E-state index in [2.05, 4.69) is 28.4 Å². The Kier molecular flexibility index (Phi) is 4.87. The molecule has 0 radical (unpaired) electrons. The highest BCUT2D eigenvalue weighted by atomic mass is 79.9. The van der Waals surface area contributed by atoms with Crippen molar-refractivity contribution in [1.29, 1.82) is 0 Å². The summed E-state index contributed by atoms with van der Waals surface area (Å²) in [5, 5.41) is 0. The van der Waals surface area contributed by atoms with Gasteiger partial charge in [-0.25, -0.2) is 4.39 Å². The third-order valence-corrected chi connectivity index (χ3v) is 3.86. The first-order chi connectivity index (χ1) is 10.1. The van der Waals surface area contributed by atoms with E-state index in [-0.39, 0.29) is 12.4 Å². The Morgan fingerprint density at radius 1 is 1.43 bits per heavy atom. The average molecular weight is 348 g/mol. The highest BCUT2D eigenvalue weighted by Gasteiger charge is 2.23. The van der Waals surface area contributed by atoms with Crippen LogP contribution in [-0.4, -0.2) is 18.1 Å². The molecule has 0 bridgehead atoms. The van der Waals surface area contributed by atoms with E-state index in [0.29, 0.717) is 23.6 Å². The minimum absolute atomic E-state index is 0.0936. The van der Waals surface area contributed by atoms with E-state index in [4.69, 9.17) is 11.2 Å². The molecule has 1 aromatic carbocycles. The van der Waals surface area contributed by atoms with Crippen LogP contribution in [0.5, 0.6) is 5.75 Å². The van der Waals surface area contributed by atoms with Crippen LogP contribution in [0.2, 0.25) is 0 Å². The van der Waals surface area contributed by atoms with Crippen LogP contribution in [0.4, 0.5) is 4.39 Å². The topological polar surface area (TPSA) is 12.5 Å². The number of hydrogen-bond acceptors (Lipinski definition) is 2. The van der Waals surface area contributed by atoms with Crippen LogP contribution in [0.1, 0.15) is 12.5 Å². The van der Waals surface area contributed by atoms with E-state index in [0.717, 1.165) is 10.2 Å². The lowest BCUT2D eigenvalue weighted by atomic mass is 10.0. The van der Waals surface area contributed by atoms with Gasteiger partial charge in [0, 0.05) is 16.7 Å². The summed E-state index contributed by atoms with van der Waals surface area (Å²) in [4.78, 5) is 1.92. The average Bonchev–Trinajstić information content (AvgIpc) is 2.48. The minimum atomic E-state index is -0.353. The van der Waals surface area contributed by atoms with Gasteiger partial charge in [0.2, 0.25) is 0 Å². The van der Waals surface area contributed by atoms with Crippen molar-refractivity contribution in [3.63, 3.8) is 0 Å². The minimum Gasteiger partial charge on any atom is -0.480 e. The standard InChI is InChI=1S/C17H15BrFNO/c1-4-11-21-16-8-6-7-14(19)17(16)15-10-9-13(18)12(3)20(15)5-2/h1,6-10H,3,5,11H2,2H3. The maximum Gasteiger partial charge on any atom is 0.148 e. The van der Waals surface area contributed by atoms with Crippen LogP contribution in [0.3, 0.4) is 0 Å². The van der Waals surface area contributed by atoms with Crippen LogP contribution in [0.15, 0.2) is 47.1 Å². The van der Waals surface area contributed by atoms with Crippen LogP contribution < -0.4 is 4.74 Å². The molecule has 21 heavy (non-hydrogen) atoms. The third-order valence-electron chi connectivity index (χ3n) is 3.14. The summed E-state index contributed by atoms with van der Waals surface area (Å²) in [7, 11) is 0. The number of nitrogens with zero attached hydrogens (tertiary/aromatic N) is 1. The van der Waals surface area contributed by atoms with Crippen molar-refractivity contribution in [1.82, 2.24) is 4.90 Å². The summed E-state index contributed by atoms with van der Waals surface area (Å²) in [6.07, 6.45) is 8.90. The zero-order valence-corrected chi connectivity index (χ0v) is 13.3. The van der Waals surface area contributed by atoms with E-state index in [1.807, 2.05) is 24.0 Å². The molecule has 0 aromatic heterocycles. The van der Waals surface area contributed by atoms with Gasteiger partial charge in [0.05, 0.1) is 11.3 Å². The van der Waals surface area contributed by atoms with Crippen molar-refractivity contribution in [3.8, 4) is 18.1 Å². The number of benzene rings is 1. The predicted molar refractivity (Wildman–Crippen MR) is 87.2 cm³/mol. The first kappa shape index (κ1) is 15.4. The molecule has 0 unspecified atom stereocenters. The van der Waals surface area contributed by atoms with Crippen molar-refractivity contribution in [2.75, 3.05) is 13.2 Å². The number of ether oxygens (including phenoxy) is 1. The number of allylic oxidation sites excluding steroid dienone is 3. The smallest absolute Gasteiger partial charge is 0.148 e. The normalized spacial score (nSPS) is 14.4. The van der Waals surface area contributed by atoms with Crippen molar-refractivity contribution in [2.24, 2.45) is 0 Å². The predicted octanol–water partition coefficient (Wildman–Crippen LogP) is 4.31. The Morgan fingerprint density at radius 3 is 2.86 bits per heavy atom. The van der Waals surface area contributed by atoms with E-state index >= 15 is 0 Å². The number of halogens is 2. The Balaban J connectivity index is 2.55. The number of rotatable bonds is 4. The highest BCUT2D eigenvalue weighted by molar-refractivity contribution is 9.12. The van der Waals surface area contributed by atoms with Crippen LogP contribution in [0, 0.1) is 18.2 Å². The largest absolute Gasteiger partial charge is 0.480 e. The molecule has 0 spiro atoms. The maximum atomic E-state index is 14.3. The molecule has 0 saturated carbocycles. The fraction of sp³-hybridized carbons (Fsp3) is 0.176. The lowest BCUT2D eigenvalue weighted by Crippen LogP contribution is -2.23. The van der Waals surface area contributed by atoms with Crippen molar-refractivity contribution in [3.05, 3.63) is 58.5 Å². The monoisotopic (exact) mass is 347 g/mol. The van der Waals surface area contributed by atoms with Crippen LogP contribution in [0.25, 0.3) is 5.70 Å². The number of hydrogen-bond donors (Lipinski definition) is 0. The van der Waals surface area contributed by atoms with Crippen molar-refractivity contribution >= 4 is 21.6 Å². The summed E-state index contributed by atoms with van der Waals surface area (Å²) < 4.78 is 20.7. The summed E-state index contributed by atoms with van der Waals surface area (Å²) in [5.41, 5.74) is 1.88. The quantitative estimate of drug-likeness (QED) is 0.752. The lowest BCUT2D eigenvalue weighted by Gasteiger charge is -2.31. The van der Waals surface area contributed by atoms with Crippen molar-refractivity contribution < 1.29 is 9.13 Å². The van der Waals surface area contributed by atoms with Crippen molar-refractivity contribution in [2.45, 2.75) is 6.92 Å². The molecule has 1 aliphatic rings. The third kappa shape index (κ3) is 3.03. The van der Waals surface area contributed by atoms with Gasteiger partial charge in [-0.15, -0.1) is 6.42 Å². The number of terminal acetylenes is 1. The lowest BCUT2D eigenvalue weighted by molar-refractivity contribution is 0.364. The van der Waals surface area contributed by atoms with Gasteiger partial charge in [0.15, 0.2) is 0 Å². The van der Waals surface area contributed by atoms with Gasteiger partial charge in [-0.2, -0.15) is 0 Å². The van der Waals surface area contributed by atoms with E-state index in [1.165, 1.54) is 6.07 Å². The first-order valence-electron chi connectivity index (χ1n) is 6.49. The molecule has 0 amide bonds. The fourth-order valence-electron chi connectivity index (χ4n) is 2.18. The molecule has 2 rings (SSSR count). The van der Waals surface area contributed by atoms with Gasteiger partial charge < -0.3 is 9.64 Å². The number of likely N-dealkylation sites (N-methyl/N-ethyl adjacent to an activating group) is 1. The first-order valence-corrected chi connectivity index (χ1v) is 7.28. The van der Waals surface area contributed by atoms with Gasteiger partial charge in [0.1, 0.15) is 18.2 Å². The second-order valence-corrected chi connectivity index (χ2v) is 5.22. The molecule has 0 N–H and O–H groups in total. The molecule has 1 aromatic rings. The second kappa shape index (κ2) is 6.64. The van der Waals surface area contributed by atoms with Crippen LogP contribution in [-0.2, 0) is 0 Å². The summed E-state index contributed by atoms with van der Waals surface area (Å²) in [5.74, 6) is 2.47. The molecule has 1 aliphatic heterocycles. The molecular weight excluding hydrogens is 333 g/mol. The van der Waals surface area contributed by atoms with E-state index < -0.39 is 0 Å². The Bertz CT molecular complexity index is 670. The molecule has 0 atom stereocenters. The summed E-state index contributed by atoms with van der Waals surface area (Å²) in [6, 6.07) is 4.72. The molecular formula is C17H15BrFNO. The highest BCUT2D eigenvalue weighted by Crippen LogP contribution is 2.37. The fourth-order valence-corrected chi connectivity index (χ4v) is 2.53. The Morgan fingerprint density at radius 2 is 2.19 bits per heavy atom. The van der Waals surface area contributed by atoms with Crippen LogP contribution >= 0.6 is 15.9 Å². The van der Waals surface area contributed by atoms with Gasteiger partial charge in [-0.1, -0.05) is 18.6 Å². The molecule has 2 nitrogen and oxygen atoms in total. The zero-order valence-electron chi connectivity index (χ0n) is 11.7. The second-order valence-electron chi connectivity index (χ2n) is 4.36. The van der Waals surface area contributed by atoms with Gasteiger partial charge >= 0.3 is 0 Å². The molecule has 0 saturated heterocycles. The molecule has 1 heterocycles. The maximum absolute atomic E-state index is 14.3. The SMILES string of the molecule is C#CCOc1cccc(F)c1C1=CC=C(Br)C(=C)N1CC. The summed E-state index contributed by atoms with van der Waals surface area (Å²) >= 11 is 3.44. The summed E-state index contributed by atoms with van der Waals surface area (Å²) in [6.45, 7) is 6.76. The Labute approximate surface area is 132 Å². The molecule has 108 valence electrons. The van der Waals surface area contributed by atoms with Gasteiger partial charge in [-0.05, 0) is 47.1 Å². The van der Waals surface area contributed by atoms with E-state index in [1.54, 1.807) is 12.1 Å². The zero-order chi connectivity index (χ0) is 15.4. The van der Waals surface area contributed by atoms with E-state index in [9.17, 15) is 4.39 Å².